The van der Waals surface area contributed by atoms with Crippen molar-refractivity contribution in [1.82, 2.24) is 14.1 Å². The SMILES string of the molecule is [2H]c1c([2H])c([2H])c(-c2cccc(-c3c([2H])c([2H])c([2H])c([2H])c3[2H])c2-[n+]2[c-]n(-c3[c-]c(Oc4[c-]c5c(cc4)c4cc(CC(C)(C)C)ccc4n5-c4cc(C([2H])([2H])C(C)(C)C)ccn4)ccc3)c3ccccc32)c([2H])c1[2H].[Pt]. The Bertz CT molecular complexity index is 3840. The fraction of sp³-hybridized carbons (Fsp3) is 0.172. The Morgan fingerprint density at radius 3 is 2.05 bits per heavy atom. The van der Waals surface area contributed by atoms with E-state index in [1.807, 2.05) is 49.6 Å². The summed E-state index contributed by atoms with van der Waals surface area (Å²) in [6.07, 6.45) is 4.21. The average molecular weight is 1030 g/mol. The Kier molecular flexibility index (Phi) is 8.20. The third-order valence-electron chi connectivity index (χ3n) is 10.5. The van der Waals surface area contributed by atoms with Gasteiger partial charge in [-0.25, -0.2) is 4.98 Å². The Morgan fingerprint density at radius 2 is 1.34 bits per heavy atom. The van der Waals surface area contributed by atoms with Crippen LogP contribution in [0.15, 0.2) is 170 Å². The van der Waals surface area contributed by atoms with Gasteiger partial charge in [-0.2, -0.15) is 18.2 Å². The second kappa shape index (κ2) is 17.2. The fourth-order valence-corrected chi connectivity index (χ4v) is 8.15. The standard InChI is InChI=1S/C58H50N4O.Pt/c1-57(2,3)37-40-27-30-51-50(33-40)49-29-28-46(36-54(49)62(51)55-34-41(31-32-59-55)38-58(4,5)6)63-45-22-15-21-44(35-45)60-39-61(53-26-14-13-25-52(53)60)56-47(42-17-9-7-10-18-42)23-16-24-48(56)43-19-11-8-12-20-43;/h7-34H,37-38H2,1-6H3;/q-2;/i7D,8D,9D,10D,11D,12D,17D,18D,19D,20D,38D2;. The minimum absolute atomic E-state index is 0. The summed E-state index contributed by atoms with van der Waals surface area (Å²) >= 11 is 0. The molecule has 7 aromatic carbocycles. The van der Waals surface area contributed by atoms with Gasteiger partial charge in [0.25, 0.3) is 6.33 Å². The first-order valence-electron chi connectivity index (χ1n) is 26.8. The number of ether oxygens (including phenoxy) is 1. The van der Waals surface area contributed by atoms with Crippen LogP contribution in [-0.4, -0.2) is 14.1 Å². The van der Waals surface area contributed by atoms with Crippen LogP contribution < -0.4 is 9.30 Å². The first-order valence-corrected chi connectivity index (χ1v) is 20.8. The van der Waals surface area contributed by atoms with Gasteiger partial charge >= 0.3 is 0 Å². The summed E-state index contributed by atoms with van der Waals surface area (Å²) in [5, 5.41) is 1.89. The Balaban J connectivity index is 0.00000706. The largest absolute Gasteiger partial charge is 0.510 e. The average Bonchev–Trinajstić information content (AvgIpc) is 3.91. The number of aromatic nitrogens is 4. The molecule has 6 heteroatoms. The van der Waals surface area contributed by atoms with Crippen molar-refractivity contribution < 1.29 is 46.8 Å². The van der Waals surface area contributed by atoms with E-state index < -0.39 is 72.2 Å². The molecule has 0 N–H and O–H groups in total. The summed E-state index contributed by atoms with van der Waals surface area (Å²) < 4.78 is 117. The molecule has 0 bridgehead atoms. The van der Waals surface area contributed by atoms with Gasteiger partial charge in [-0.15, -0.1) is 29.7 Å². The summed E-state index contributed by atoms with van der Waals surface area (Å²) in [5.41, 5.74) is 4.21. The second-order valence-corrected chi connectivity index (χ2v) is 17.8. The van der Waals surface area contributed by atoms with Gasteiger partial charge in [-0.05, 0) is 86.3 Å². The summed E-state index contributed by atoms with van der Waals surface area (Å²) in [5.74, 6) is 1.20. The number of pyridine rings is 1. The maximum Gasteiger partial charge on any atom is 0.268 e. The molecule has 320 valence electrons. The van der Waals surface area contributed by atoms with Crippen LogP contribution in [0.2, 0.25) is 0 Å². The van der Waals surface area contributed by atoms with E-state index in [1.54, 1.807) is 76.0 Å². The smallest absolute Gasteiger partial charge is 0.268 e. The zero-order valence-electron chi connectivity index (χ0n) is 48.1. The minimum atomic E-state index is -1.68. The van der Waals surface area contributed by atoms with E-state index in [2.05, 4.69) is 57.4 Å². The quantitative estimate of drug-likeness (QED) is 0.107. The number of hydrogen-bond donors (Lipinski definition) is 0. The van der Waals surface area contributed by atoms with Gasteiger partial charge in [-0.1, -0.05) is 162 Å². The van der Waals surface area contributed by atoms with E-state index >= 15 is 0 Å². The molecule has 0 unspecified atom stereocenters. The van der Waals surface area contributed by atoms with Gasteiger partial charge < -0.3 is 13.9 Å². The molecule has 0 spiro atoms. The third kappa shape index (κ3) is 8.58. The van der Waals surface area contributed by atoms with Gasteiger partial charge in [0.15, 0.2) is 0 Å². The van der Waals surface area contributed by atoms with Crippen LogP contribution in [0.5, 0.6) is 11.5 Å². The number of para-hydroxylation sites is 3. The fourth-order valence-electron chi connectivity index (χ4n) is 8.15. The predicted molar refractivity (Wildman–Crippen MR) is 257 cm³/mol. The van der Waals surface area contributed by atoms with E-state index in [-0.39, 0.29) is 54.4 Å². The molecule has 0 fully saturated rings. The molecule has 10 rings (SSSR count). The first kappa shape index (κ1) is 30.5. The number of rotatable bonds is 9. The number of imidazole rings is 1. The molecule has 0 aliphatic carbocycles. The Hall–Kier alpha value is -6.55. The molecule has 0 radical (unpaired) electrons. The van der Waals surface area contributed by atoms with Crippen molar-refractivity contribution in [3.8, 4) is 50.9 Å². The number of hydrogen-bond acceptors (Lipinski definition) is 2. The number of fused-ring (bicyclic) bond motifs is 4. The van der Waals surface area contributed by atoms with Crippen LogP contribution in [0.25, 0.3) is 72.3 Å². The van der Waals surface area contributed by atoms with Crippen LogP contribution in [0.1, 0.15) is 69.1 Å². The first-order chi connectivity index (χ1) is 35.4. The van der Waals surface area contributed by atoms with Crippen molar-refractivity contribution in [3.05, 3.63) is 199 Å². The van der Waals surface area contributed by atoms with Crippen molar-refractivity contribution in [2.45, 2.75) is 54.3 Å². The molecule has 64 heavy (non-hydrogen) atoms. The molecule has 0 amide bonds. The number of benzene rings is 7. The van der Waals surface area contributed by atoms with Gasteiger partial charge in [0, 0.05) is 47.0 Å². The Morgan fingerprint density at radius 1 is 0.656 bits per heavy atom. The molecule has 0 aliphatic rings. The summed E-state index contributed by atoms with van der Waals surface area (Å²) in [6, 6.07) is 32.5. The molecule has 10 aromatic rings. The summed E-state index contributed by atoms with van der Waals surface area (Å²) in [4.78, 5) is 4.79. The van der Waals surface area contributed by atoms with Gasteiger partial charge in [0.05, 0.1) is 30.4 Å². The van der Waals surface area contributed by atoms with Crippen molar-refractivity contribution in [2.75, 3.05) is 0 Å². The topological polar surface area (TPSA) is 35.9 Å². The molecular weight excluding hydrogens is 964 g/mol. The van der Waals surface area contributed by atoms with Crippen molar-refractivity contribution in [2.24, 2.45) is 10.8 Å². The van der Waals surface area contributed by atoms with E-state index in [1.165, 1.54) is 5.56 Å². The maximum absolute atomic E-state index is 9.10. The van der Waals surface area contributed by atoms with E-state index in [9.17, 15) is 0 Å². The molecule has 3 heterocycles. The van der Waals surface area contributed by atoms with E-state index in [0.717, 1.165) is 22.7 Å². The zero-order chi connectivity index (χ0) is 53.8. The van der Waals surface area contributed by atoms with Gasteiger partial charge in [-0.3, -0.25) is 4.57 Å². The zero-order valence-corrected chi connectivity index (χ0v) is 38.4. The maximum atomic E-state index is 9.10. The molecular formula is C58H50N4OPt-2. The molecule has 0 saturated heterocycles. The Labute approximate surface area is 407 Å². The van der Waals surface area contributed by atoms with Crippen LogP contribution in [0.3, 0.4) is 0 Å². The van der Waals surface area contributed by atoms with Crippen molar-refractivity contribution in [1.29, 1.82) is 0 Å². The molecule has 0 atom stereocenters. The van der Waals surface area contributed by atoms with Gasteiger partial charge in [0.1, 0.15) is 5.82 Å². The van der Waals surface area contributed by atoms with Gasteiger partial charge in [0.2, 0.25) is 0 Å². The predicted octanol–water partition coefficient (Wildman–Crippen LogP) is 14.1. The van der Waals surface area contributed by atoms with Crippen molar-refractivity contribution in [3.63, 3.8) is 0 Å². The molecule has 0 aliphatic heterocycles. The molecule has 0 saturated carbocycles. The van der Waals surface area contributed by atoms with Crippen LogP contribution >= 0.6 is 0 Å². The van der Waals surface area contributed by atoms with Crippen LogP contribution in [0.4, 0.5) is 0 Å². The summed E-state index contributed by atoms with van der Waals surface area (Å²) in [6.45, 7) is 12.2. The third-order valence-corrected chi connectivity index (χ3v) is 10.5. The second-order valence-electron chi connectivity index (χ2n) is 17.8. The van der Waals surface area contributed by atoms with E-state index in [4.69, 9.17) is 26.2 Å². The van der Waals surface area contributed by atoms with Crippen LogP contribution in [-0.2, 0) is 33.9 Å². The molecule has 5 nitrogen and oxygen atoms in total. The van der Waals surface area contributed by atoms with Crippen molar-refractivity contribution >= 4 is 32.8 Å². The summed E-state index contributed by atoms with van der Waals surface area (Å²) in [7, 11) is 0. The minimum Gasteiger partial charge on any atom is -0.510 e. The van der Waals surface area contributed by atoms with Crippen LogP contribution in [0, 0.1) is 29.3 Å². The van der Waals surface area contributed by atoms with E-state index in [0.29, 0.717) is 45.1 Å². The number of nitrogens with zero attached hydrogens (tertiary/aromatic N) is 4. The molecule has 3 aromatic heterocycles. The normalized spacial score (nSPS) is 14.8. The monoisotopic (exact) mass is 1030 g/mol.